The molecular weight excluding hydrogens is 277 g/mol. The van der Waals surface area contributed by atoms with Gasteiger partial charge in [0, 0.05) is 17.9 Å². The standard InChI is InChI=1S/C12H15F3N2O3/c1-7-4-8(5-9(10(7)16)11(19)20)17(2-3-18)6-12(13,14)15/h4-5,18H,2-3,6,16H2,1H3,(H,19,20). The van der Waals surface area contributed by atoms with Gasteiger partial charge in [0.25, 0.3) is 0 Å². The van der Waals surface area contributed by atoms with Crippen LogP contribution in [0.2, 0.25) is 0 Å². The molecule has 0 atom stereocenters. The van der Waals surface area contributed by atoms with E-state index >= 15 is 0 Å². The summed E-state index contributed by atoms with van der Waals surface area (Å²) in [5.74, 6) is -1.32. The van der Waals surface area contributed by atoms with Gasteiger partial charge in [0.1, 0.15) is 6.54 Å². The highest BCUT2D eigenvalue weighted by Crippen LogP contribution is 2.28. The maximum absolute atomic E-state index is 12.5. The lowest BCUT2D eigenvalue weighted by molar-refractivity contribution is -0.119. The number of alkyl halides is 3. The fourth-order valence-electron chi connectivity index (χ4n) is 1.78. The average molecular weight is 292 g/mol. The van der Waals surface area contributed by atoms with E-state index in [-0.39, 0.29) is 23.5 Å². The largest absolute Gasteiger partial charge is 0.478 e. The van der Waals surface area contributed by atoms with Crippen LogP contribution in [0.5, 0.6) is 0 Å². The average Bonchev–Trinajstić information content (AvgIpc) is 2.29. The Balaban J connectivity index is 3.23. The normalized spacial score (nSPS) is 11.4. The number of aryl methyl sites for hydroxylation is 1. The molecule has 4 N–H and O–H groups in total. The zero-order valence-corrected chi connectivity index (χ0v) is 10.7. The number of nitrogens with zero attached hydrogens (tertiary/aromatic N) is 1. The highest BCUT2D eigenvalue weighted by atomic mass is 19.4. The Morgan fingerprint density at radius 1 is 1.40 bits per heavy atom. The Labute approximate surface area is 113 Å². The van der Waals surface area contributed by atoms with Gasteiger partial charge in [-0.2, -0.15) is 13.2 Å². The summed E-state index contributed by atoms with van der Waals surface area (Å²) in [4.78, 5) is 11.9. The van der Waals surface area contributed by atoms with Gasteiger partial charge in [-0.1, -0.05) is 0 Å². The Morgan fingerprint density at radius 2 is 2.00 bits per heavy atom. The van der Waals surface area contributed by atoms with Crippen LogP contribution in [0.1, 0.15) is 15.9 Å². The number of aliphatic hydroxyl groups excluding tert-OH is 1. The molecule has 0 amide bonds. The molecule has 0 aliphatic carbocycles. The minimum Gasteiger partial charge on any atom is -0.478 e. The number of carboxylic acid groups (broad SMARTS) is 1. The summed E-state index contributed by atoms with van der Waals surface area (Å²) in [6.45, 7) is -0.518. The highest BCUT2D eigenvalue weighted by Gasteiger charge is 2.31. The van der Waals surface area contributed by atoms with Crippen molar-refractivity contribution in [3.63, 3.8) is 0 Å². The Morgan fingerprint density at radius 3 is 2.45 bits per heavy atom. The summed E-state index contributed by atoms with van der Waals surface area (Å²) in [5, 5.41) is 17.8. The number of hydrogen-bond acceptors (Lipinski definition) is 4. The minimum atomic E-state index is -4.46. The van der Waals surface area contributed by atoms with E-state index in [0.29, 0.717) is 5.56 Å². The number of benzene rings is 1. The van der Waals surface area contributed by atoms with Gasteiger partial charge >= 0.3 is 12.1 Å². The summed E-state index contributed by atoms with van der Waals surface area (Å²) in [6, 6.07) is 2.44. The number of hydrogen-bond donors (Lipinski definition) is 3. The van der Waals surface area contributed by atoms with E-state index in [2.05, 4.69) is 0 Å². The van der Waals surface area contributed by atoms with Crippen molar-refractivity contribution in [2.24, 2.45) is 0 Å². The number of nitrogens with two attached hydrogens (primary N) is 1. The molecule has 0 spiro atoms. The zero-order valence-electron chi connectivity index (χ0n) is 10.7. The lowest BCUT2D eigenvalue weighted by Crippen LogP contribution is -2.36. The van der Waals surface area contributed by atoms with Crippen LogP contribution >= 0.6 is 0 Å². The number of carbonyl (C=O) groups is 1. The van der Waals surface area contributed by atoms with Crippen LogP contribution in [-0.2, 0) is 0 Å². The van der Waals surface area contributed by atoms with E-state index in [1.54, 1.807) is 0 Å². The molecule has 0 heterocycles. The maximum Gasteiger partial charge on any atom is 0.405 e. The first-order valence-electron chi connectivity index (χ1n) is 5.71. The summed E-state index contributed by atoms with van der Waals surface area (Å²) < 4.78 is 37.5. The molecule has 1 aromatic carbocycles. The monoisotopic (exact) mass is 292 g/mol. The fraction of sp³-hybridized carbons (Fsp3) is 0.417. The van der Waals surface area contributed by atoms with Gasteiger partial charge in [0.15, 0.2) is 0 Å². The molecule has 20 heavy (non-hydrogen) atoms. The summed E-state index contributed by atoms with van der Waals surface area (Å²) in [5.41, 5.74) is 5.76. The van der Waals surface area contributed by atoms with Crippen molar-refractivity contribution in [3.8, 4) is 0 Å². The molecule has 112 valence electrons. The molecule has 5 nitrogen and oxygen atoms in total. The van der Waals surface area contributed by atoms with Crippen molar-refractivity contribution < 1.29 is 28.2 Å². The molecular formula is C12H15F3N2O3. The van der Waals surface area contributed by atoms with E-state index < -0.39 is 25.3 Å². The van der Waals surface area contributed by atoms with Gasteiger partial charge in [-0.05, 0) is 24.6 Å². The number of carboxylic acids is 1. The van der Waals surface area contributed by atoms with Crippen LogP contribution in [0, 0.1) is 6.92 Å². The van der Waals surface area contributed by atoms with Gasteiger partial charge in [-0.25, -0.2) is 4.79 Å². The summed E-state index contributed by atoms with van der Waals surface area (Å²) >= 11 is 0. The molecule has 1 aromatic rings. The second-order valence-corrected chi connectivity index (χ2v) is 4.29. The van der Waals surface area contributed by atoms with Crippen molar-refractivity contribution in [2.45, 2.75) is 13.1 Å². The van der Waals surface area contributed by atoms with Gasteiger partial charge in [0.2, 0.25) is 0 Å². The van der Waals surface area contributed by atoms with Gasteiger partial charge < -0.3 is 20.8 Å². The molecule has 0 aromatic heterocycles. The predicted octanol–water partition coefficient (Wildman–Crippen LogP) is 1.64. The van der Waals surface area contributed by atoms with Gasteiger partial charge in [-0.3, -0.25) is 0 Å². The van der Waals surface area contributed by atoms with Crippen molar-refractivity contribution in [1.82, 2.24) is 0 Å². The Bertz CT molecular complexity index is 503. The van der Waals surface area contributed by atoms with E-state index in [0.717, 1.165) is 11.0 Å². The third kappa shape index (κ3) is 4.02. The summed E-state index contributed by atoms with van der Waals surface area (Å²) in [7, 11) is 0. The Kier molecular flexibility index (Phi) is 4.83. The van der Waals surface area contributed by atoms with Crippen molar-refractivity contribution in [3.05, 3.63) is 23.3 Å². The molecule has 0 radical (unpaired) electrons. The first-order valence-corrected chi connectivity index (χ1v) is 5.71. The maximum atomic E-state index is 12.5. The SMILES string of the molecule is Cc1cc(N(CCO)CC(F)(F)F)cc(C(=O)O)c1N. The fourth-order valence-corrected chi connectivity index (χ4v) is 1.78. The van der Waals surface area contributed by atoms with E-state index in [1.165, 1.54) is 13.0 Å². The molecule has 8 heteroatoms. The van der Waals surface area contributed by atoms with E-state index in [4.69, 9.17) is 15.9 Å². The van der Waals surface area contributed by atoms with Crippen molar-refractivity contribution in [1.29, 1.82) is 0 Å². The smallest absolute Gasteiger partial charge is 0.405 e. The van der Waals surface area contributed by atoms with Crippen LogP contribution in [0.4, 0.5) is 24.5 Å². The van der Waals surface area contributed by atoms with Crippen molar-refractivity contribution in [2.75, 3.05) is 30.3 Å². The Hall–Kier alpha value is -1.96. The van der Waals surface area contributed by atoms with Crippen LogP contribution in [0.3, 0.4) is 0 Å². The molecule has 0 saturated carbocycles. The second-order valence-electron chi connectivity index (χ2n) is 4.29. The number of halogens is 3. The minimum absolute atomic E-state index is 0.0113. The number of aliphatic hydroxyl groups is 1. The molecule has 0 saturated heterocycles. The third-order valence-electron chi connectivity index (χ3n) is 2.71. The second kappa shape index (κ2) is 6.00. The number of aromatic carboxylic acids is 1. The molecule has 0 aliphatic rings. The lowest BCUT2D eigenvalue weighted by atomic mass is 10.1. The molecule has 0 unspecified atom stereocenters. The van der Waals surface area contributed by atoms with Crippen LogP contribution < -0.4 is 10.6 Å². The van der Waals surface area contributed by atoms with E-state index in [1.807, 2.05) is 0 Å². The lowest BCUT2D eigenvalue weighted by Gasteiger charge is -2.26. The van der Waals surface area contributed by atoms with E-state index in [9.17, 15) is 18.0 Å². The molecule has 0 aliphatic heterocycles. The quantitative estimate of drug-likeness (QED) is 0.718. The van der Waals surface area contributed by atoms with Crippen LogP contribution in [0.15, 0.2) is 12.1 Å². The van der Waals surface area contributed by atoms with Crippen molar-refractivity contribution >= 4 is 17.3 Å². The van der Waals surface area contributed by atoms with Crippen LogP contribution in [-0.4, -0.2) is 42.1 Å². The highest BCUT2D eigenvalue weighted by molar-refractivity contribution is 5.95. The molecule has 0 bridgehead atoms. The first kappa shape index (κ1) is 16.1. The zero-order chi connectivity index (χ0) is 15.5. The molecule has 0 fully saturated rings. The topological polar surface area (TPSA) is 86.8 Å². The summed E-state index contributed by atoms with van der Waals surface area (Å²) in [6.07, 6.45) is -4.46. The first-order chi connectivity index (χ1) is 9.15. The third-order valence-corrected chi connectivity index (χ3v) is 2.71. The predicted molar refractivity (Wildman–Crippen MR) is 67.9 cm³/mol. The molecule has 1 rings (SSSR count). The van der Waals surface area contributed by atoms with Gasteiger partial charge in [-0.15, -0.1) is 0 Å². The number of rotatable bonds is 5. The van der Waals surface area contributed by atoms with Gasteiger partial charge in [0.05, 0.1) is 12.2 Å². The number of nitrogen functional groups attached to an aromatic ring is 1. The number of anilines is 2. The van der Waals surface area contributed by atoms with Crippen LogP contribution in [0.25, 0.3) is 0 Å².